The summed E-state index contributed by atoms with van der Waals surface area (Å²) >= 11 is 4.09. The Labute approximate surface area is 235 Å². The molecular weight excluding hydrogens is 608 g/mol. The van der Waals surface area contributed by atoms with Crippen LogP contribution in [0.15, 0.2) is 29.7 Å². The highest BCUT2D eigenvalue weighted by Crippen LogP contribution is 2.58. The number of H-pyrrole nitrogens is 1. The van der Waals surface area contributed by atoms with Crippen LogP contribution in [0.1, 0.15) is 19.1 Å². The topological polar surface area (TPSA) is 245 Å². The van der Waals surface area contributed by atoms with E-state index in [9.17, 15) is 23.9 Å². The van der Waals surface area contributed by atoms with Gasteiger partial charge in [-0.25, -0.2) is 24.1 Å². The van der Waals surface area contributed by atoms with Crippen molar-refractivity contribution in [2.75, 3.05) is 18.9 Å². The molecule has 18 nitrogen and oxygen atoms in total. The summed E-state index contributed by atoms with van der Waals surface area (Å²) in [4.78, 5) is 41.0. The molecule has 1 saturated carbocycles. The Kier molecular flexibility index (Phi) is 7.69. The van der Waals surface area contributed by atoms with Gasteiger partial charge in [-0.3, -0.25) is 27.9 Å². The highest BCUT2D eigenvalue weighted by atomic mass is 32.7. The fourth-order valence-electron chi connectivity index (χ4n) is 5.02. The fourth-order valence-corrected chi connectivity index (χ4v) is 7.52. The van der Waals surface area contributed by atoms with Crippen LogP contribution in [0, 0.1) is 5.92 Å². The monoisotopic (exact) mass is 633 g/mol. The minimum atomic E-state index is -4.70. The largest absolute Gasteiger partial charge is 0.474 e. The van der Waals surface area contributed by atoms with Gasteiger partial charge in [-0.15, -0.1) is 0 Å². The van der Waals surface area contributed by atoms with Gasteiger partial charge >= 0.3 is 14.6 Å². The number of nitrogens with one attached hydrogen (secondary N) is 1. The number of nitrogens with zero attached hydrogens (tertiary/aromatic N) is 5. The Bertz CT molecular complexity index is 1580. The van der Waals surface area contributed by atoms with Gasteiger partial charge in [0.1, 0.15) is 30.7 Å². The first kappa shape index (κ1) is 28.7. The van der Waals surface area contributed by atoms with Crippen LogP contribution in [0.25, 0.3) is 11.2 Å². The summed E-state index contributed by atoms with van der Waals surface area (Å²) in [6.45, 7) is -5.09. The predicted molar refractivity (Wildman–Crippen MR) is 140 cm³/mol. The van der Waals surface area contributed by atoms with E-state index < -0.39 is 69.5 Å². The lowest BCUT2D eigenvalue weighted by atomic mass is 10.1. The smallest absolute Gasteiger partial charge is 0.472 e. The number of aliphatic hydroxyl groups excluding tert-OH is 1. The molecule has 5 heterocycles. The van der Waals surface area contributed by atoms with E-state index in [1.54, 1.807) is 6.07 Å². The molecule has 6 rings (SSSR count). The molecular formula is C20H25N7O11P2S. The van der Waals surface area contributed by atoms with E-state index in [1.807, 2.05) is 0 Å². The van der Waals surface area contributed by atoms with Gasteiger partial charge in [-0.05, 0) is 6.42 Å². The van der Waals surface area contributed by atoms with E-state index in [2.05, 4.69) is 37.2 Å². The Hall–Kier alpha value is -2.44. The fraction of sp³-hybridized carbons (Fsp3) is 0.550. The number of rotatable bonds is 3. The van der Waals surface area contributed by atoms with Crippen molar-refractivity contribution in [1.29, 1.82) is 0 Å². The molecule has 0 amide bonds. The number of hydrogen-bond donors (Lipinski definition) is 5. The summed E-state index contributed by atoms with van der Waals surface area (Å²) in [5, 5.41) is 11.0. The third-order valence-corrected chi connectivity index (χ3v) is 9.47. The van der Waals surface area contributed by atoms with Gasteiger partial charge in [0.2, 0.25) is 11.8 Å². The molecule has 222 valence electrons. The van der Waals surface area contributed by atoms with Crippen molar-refractivity contribution < 1.29 is 46.7 Å². The van der Waals surface area contributed by atoms with Crippen LogP contribution < -0.4 is 16.0 Å². The Morgan fingerprint density at radius 3 is 2.78 bits per heavy atom. The average Bonchev–Trinajstić information content (AvgIpc) is 3.57. The number of nitrogens with two attached hydrogens (primary N) is 1. The van der Waals surface area contributed by atoms with E-state index in [4.69, 9.17) is 33.3 Å². The minimum absolute atomic E-state index is 0.0191. The first-order valence-electron chi connectivity index (χ1n) is 12.3. The van der Waals surface area contributed by atoms with Gasteiger partial charge in [0.05, 0.1) is 25.6 Å². The van der Waals surface area contributed by atoms with Gasteiger partial charge < -0.3 is 29.7 Å². The standard InChI is InChI=1S/C20H25N7O11P2S/c21-20-25-17-14(18(29)26-20)24-8-27(17)19-16-15(28)12(36-19)6-33-39(30,31)37-11-4-10(35-13-1-2-22-7-23-13)3-9(11)5-34-40(32,41)38-16/h1-2,7-12,15-16,19,28H,3-6H2,(H,30,31)(H,32,41)(H3,21,25,26,29)/t9-,10-,11+,12-,15-,16-,19-,40-/m1/s1. The van der Waals surface area contributed by atoms with Crippen molar-refractivity contribution in [3.05, 3.63) is 35.3 Å². The number of anilines is 1. The lowest BCUT2D eigenvalue weighted by Crippen LogP contribution is -2.35. The maximum atomic E-state index is 13.4. The summed E-state index contributed by atoms with van der Waals surface area (Å²) in [5.41, 5.74) is 4.95. The van der Waals surface area contributed by atoms with Crippen LogP contribution in [0.2, 0.25) is 0 Å². The van der Waals surface area contributed by atoms with Crippen molar-refractivity contribution >= 4 is 44.0 Å². The van der Waals surface area contributed by atoms with Crippen molar-refractivity contribution in [1.82, 2.24) is 29.5 Å². The van der Waals surface area contributed by atoms with Crippen LogP contribution in [0.4, 0.5) is 5.95 Å². The van der Waals surface area contributed by atoms with Crippen molar-refractivity contribution in [3.8, 4) is 5.88 Å². The number of hydrogen-bond acceptors (Lipinski definition) is 15. The lowest BCUT2D eigenvalue weighted by Gasteiger charge is -2.26. The summed E-state index contributed by atoms with van der Waals surface area (Å²) in [7, 11) is -4.70. The van der Waals surface area contributed by atoms with E-state index in [0.717, 1.165) is 0 Å². The Balaban J connectivity index is 1.28. The first-order valence-corrected chi connectivity index (χ1v) is 16.5. The summed E-state index contributed by atoms with van der Waals surface area (Å²) < 4.78 is 61.1. The maximum Gasteiger partial charge on any atom is 0.472 e. The molecule has 3 aliphatic rings. The molecule has 2 bridgehead atoms. The van der Waals surface area contributed by atoms with Gasteiger partial charge in [0, 0.05) is 24.6 Å². The van der Waals surface area contributed by atoms with Gasteiger partial charge in [0.25, 0.3) is 5.56 Å². The molecule has 1 unspecified atom stereocenters. The van der Waals surface area contributed by atoms with Crippen LogP contribution in [-0.4, -0.2) is 83.2 Å². The third-order valence-electron chi connectivity index (χ3n) is 6.84. The maximum absolute atomic E-state index is 13.4. The van der Waals surface area contributed by atoms with Crippen LogP contribution in [0.5, 0.6) is 5.88 Å². The molecule has 2 aliphatic heterocycles. The number of aliphatic hydroxyl groups is 1. The minimum Gasteiger partial charge on any atom is -0.474 e. The van der Waals surface area contributed by atoms with Crippen LogP contribution in [-0.2, 0) is 32.0 Å². The molecule has 21 heteroatoms. The predicted octanol–water partition coefficient (Wildman–Crippen LogP) is 0.563. The zero-order valence-electron chi connectivity index (χ0n) is 20.9. The Morgan fingerprint density at radius 2 is 2.00 bits per heavy atom. The van der Waals surface area contributed by atoms with Crippen molar-refractivity contribution in [3.63, 3.8) is 0 Å². The van der Waals surface area contributed by atoms with Crippen molar-refractivity contribution in [2.45, 2.75) is 49.6 Å². The first-order chi connectivity index (χ1) is 19.5. The van der Waals surface area contributed by atoms with Gasteiger partial charge in [0.15, 0.2) is 17.4 Å². The zero-order valence-corrected chi connectivity index (χ0v) is 23.6. The molecule has 41 heavy (non-hydrogen) atoms. The van der Waals surface area contributed by atoms with Gasteiger partial charge in [-0.2, -0.15) is 4.98 Å². The zero-order chi connectivity index (χ0) is 28.9. The molecule has 0 radical (unpaired) electrons. The number of phosphoric ester groups is 1. The highest BCUT2D eigenvalue weighted by molar-refractivity contribution is 8.44. The molecule has 3 aromatic heterocycles. The second-order valence-electron chi connectivity index (χ2n) is 9.59. The molecule has 0 spiro atoms. The summed E-state index contributed by atoms with van der Waals surface area (Å²) in [6.07, 6.45) is -2.50. The van der Waals surface area contributed by atoms with E-state index in [1.165, 1.54) is 23.4 Å². The Morgan fingerprint density at radius 1 is 1.17 bits per heavy atom. The second-order valence-corrected chi connectivity index (χ2v) is 13.9. The number of fused-ring (bicyclic) bond motifs is 4. The molecule has 9 atom stereocenters. The summed E-state index contributed by atoms with van der Waals surface area (Å²) in [6, 6.07) is 1.56. The number of phosphoric acid groups is 1. The van der Waals surface area contributed by atoms with E-state index in [0.29, 0.717) is 5.88 Å². The molecule has 0 aromatic carbocycles. The lowest BCUT2D eigenvalue weighted by molar-refractivity contribution is -0.0533. The SMILES string of the molecule is Nc1nc2c(ncn2[C@@H]2O[C@@H]3COP(=O)(O)O[C@H]4C[C@H](Oc5ccncn5)C[C@@H]4CO[P@@](=O)(S)O[C@@H]2[C@@H]3O)c(=O)[nH]1. The molecule has 1 aliphatic carbocycles. The number of imidazole rings is 1. The van der Waals surface area contributed by atoms with Crippen molar-refractivity contribution in [2.24, 2.45) is 5.92 Å². The quantitative estimate of drug-likeness (QED) is 0.195. The molecule has 5 N–H and O–H groups in total. The number of aromatic nitrogens is 6. The van der Waals surface area contributed by atoms with E-state index >= 15 is 0 Å². The van der Waals surface area contributed by atoms with Crippen LogP contribution >= 0.6 is 26.9 Å². The van der Waals surface area contributed by atoms with E-state index in [-0.39, 0.29) is 36.6 Å². The van der Waals surface area contributed by atoms with Gasteiger partial charge in [-0.1, -0.05) is 12.2 Å². The van der Waals surface area contributed by atoms with Crippen LogP contribution in [0.3, 0.4) is 0 Å². The average molecular weight is 633 g/mol. The highest BCUT2D eigenvalue weighted by Gasteiger charge is 2.51. The molecule has 2 saturated heterocycles. The number of thiol groups is 1. The third kappa shape index (κ3) is 6.06. The number of ether oxygens (including phenoxy) is 2. The molecule has 3 fully saturated rings. The summed E-state index contributed by atoms with van der Waals surface area (Å²) in [5.74, 6) is -0.497. The number of aromatic amines is 1. The normalized spacial score (nSPS) is 38.1. The second kappa shape index (κ2) is 11.0. The number of nitrogen functional groups attached to an aromatic ring is 1. The molecule has 3 aromatic rings.